The van der Waals surface area contributed by atoms with E-state index in [-0.39, 0.29) is 34.8 Å². The average Bonchev–Trinajstić information content (AvgIpc) is 2.78. The summed E-state index contributed by atoms with van der Waals surface area (Å²) >= 11 is 1.53. The van der Waals surface area contributed by atoms with Crippen LogP contribution in [0.2, 0.25) is 0 Å². The minimum absolute atomic E-state index is 0.0131. The zero-order valence-electron chi connectivity index (χ0n) is 17.8. The third-order valence-electron chi connectivity index (χ3n) is 6.21. The molecule has 1 N–H and O–H groups in total. The molecule has 2 amide bonds. The number of hydrogen-bond donors (Lipinski definition) is 1. The fraction of sp³-hybridized carbons (Fsp3) is 0.360. The van der Waals surface area contributed by atoms with Crippen molar-refractivity contribution in [3.63, 3.8) is 0 Å². The van der Waals surface area contributed by atoms with E-state index in [1.54, 1.807) is 36.2 Å². The summed E-state index contributed by atoms with van der Waals surface area (Å²) < 4.78 is 14.0. The lowest BCUT2D eigenvalue weighted by Gasteiger charge is -2.44. The van der Waals surface area contributed by atoms with Crippen molar-refractivity contribution in [2.45, 2.75) is 44.0 Å². The summed E-state index contributed by atoms with van der Waals surface area (Å²) in [4.78, 5) is 28.0. The molecule has 1 saturated carbocycles. The number of carbonyl (C=O) groups excluding carboxylic acids is 2. The third-order valence-corrected chi connectivity index (χ3v) is 7.61. The highest BCUT2D eigenvalue weighted by molar-refractivity contribution is 8.04. The maximum absolute atomic E-state index is 14.0. The van der Waals surface area contributed by atoms with E-state index >= 15 is 0 Å². The maximum Gasteiger partial charge on any atom is 0.260 e. The van der Waals surface area contributed by atoms with Crippen molar-refractivity contribution < 1.29 is 14.0 Å². The first-order chi connectivity index (χ1) is 14.9. The van der Waals surface area contributed by atoms with E-state index in [0.717, 1.165) is 18.4 Å². The SMILES string of the molecule is Cc1ccc(CNC(=O)C2CCC3S/C(=C\c4ccccc4F)C(=O)N(C)C3C2)cc1. The van der Waals surface area contributed by atoms with E-state index in [1.165, 1.54) is 23.4 Å². The van der Waals surface area contributed by atoms with Crippen molar-refractivity contribution >= 4 is 29.7 Å². The van der Waals surface area contributed by atoms with Gasteiger partial charge >= 0.3 is 0 Å². The summed E-state index contributed by atoms with van der Waals surface area (Å²) in [5.41, 5.74) is 2.70. The molecule has 2 aliphatic rings. The van der Waals surface area contributed by atoms with Crippen LogP contribution in [0.4, 0.5) is 4.39 Å². The van der Waals surface area contributed by atoms with Crippen LogP contribution in [0, 0.1) is 18.7 Å². The molecule has 0 bridgehead atoms. The second-order valence-corrected chi connectivity index (χ2v) is 9.66. The number of hydrogen-bond acceptors (Lipinski definition) is 3. The summed E-state index contributed by atoms with van der Waals surface area (Å²) in [6, 6.07) is 14.6. The first kappa shape index (κ1) is 21.6. The molecule has 2 aromatic carbocycles. The zero-order chi connectivity index (χ0) is 22.0. The lowest BCUT2D eigenvalue weighted by Crippen LogP contribution is -2.52. The minimum Gasteiger partial charge on any atom is -0.352 e. The van der Waals surface area contributed by atoms with Crippen LogP contribution in [0.15, 0.2) is 53.4 Å². The van der Waals surface area contributed by atoms with Crippen LogP contribution in [-0.2, 0) is 16.1 Å². The Morgan fingerprint density at radius 3 is 2.68 bits per heavy atom. The van der Waals surface area contributed by atoms with Gasteiger partial charge in [0.15, 0.2) is 0 Å². The fourth-order valence-corrected chi connectivity index (χ4v) is 5.78. The van der Waals surface area contributed by atoms with Gasteiger partial charge in [-0.3, -0.25) is 9.59 Å². The predicted molar refractivity (Wildman–Crippen MR) is 123 cm³/mol. The van der Waals surface area contributed by atoms with E-state index in [9.17, 15) is 14.0 Å². The van der Waals surface area contributed by atoms with E-state index in [0.29, 0.717) is 23.4 Å². The van der Waals surface area contributed by atoms with Gasteiger partial charge in [0.25, 0.3) is 5.91 Å². The smallest absolute Gasteiger partial charge is 0.260 e. The molecule has 2 fully saturated rings. The van der Waals surface area contributed by atoms with Crippen LogP contribution in [0.1, 0.15) is 36.0 Å². The van der Waals surface area contributed by atoms with Crippen LogP contribution in [-0.4, -0.2) is 35.1 Å². The molecule has 1 heterocycles. The minimum atomic E-state index is -0.331. The summed E-state index contributed by atoms with van der Waals surface area (Å²) in [6.07, 6.45) is 3.95. The Hall–Kier alpha value is -2.60. The normalized spacial score (nSPS) is 24.7. The summed E-state index contributed by atoms with van der Waals surface area (Å²) in [5, 5.41) is 3.28. The van der Waals surface area contributed by atoms with Gasteiger partial charge in [-0.15, -0.1) is 11.8 Å². The molecule has 3 unspecified atom stereocenters. The Bertz CT molecular complexity index is 1000. The van der Waals surface area contributed by atoms with Gasteiger partial charge in [-0.2, -0.15) is 0 Å². The number of nitrogens with one attached hydrogen (secondary N) is 1. The first-order valence-electron chi connectivity index (χ1n) is 10.7. The van der Waals surface area contributed by atoms with Crippen molar-refractivity contribution in [3.8, 4) is 0 Å². The molecular formula is C25H27FN2O2S. The van der Waals surface area contributed by atoms with Crippen LogP contribution in [0.3, 0.4) is 0 Å². The van der Waals surface area contributed by atoms with Gasteiger partial charge in [-0.05, 0) is 43.9 Å². The van der Waals surface area contributed by atoms with Crippen LogP contribution in [0.25, 0.3) is 6.08 Å². The van der Waals surface area contributed by atoms with Crippen molar-refractivity contribution in [1.29, 1.82) is 0 Å². The van der Waals surface area contributed by atoms with Gasteiger partial charge in [0.1, 0.15) is 5.82 Å². The molecule has 3 atom stereocenters. The van der Waals surface area contributed by atoms with Gasteiger partial charge in [0.2, 0.25) is 5.91 Å². The third kappa shape index (κ3) is 4.85. The molecule has 1 aliphatic heterocycles. The lowest BCUT2D eigenvalue weighted by atomic mass is 9.83. The topological polar surface area (TPSA) is 49.4 Å². The van der Waals surface area contributed by atoms with Gasteiger partial charge in [-0.1, -0.05) is 48.0 Å². The van der Waals surface area contributed by atoms with Gasteiger partial charge in [-0.25, -0.2) is 4.39 Å². The maximum atomic E-state index is 14.0. The summed E-state index contributed by atoms with van der Waals surface area (Å²) in [6.45, 7) is 2.56. The standard InChI is InChI=1S/C25H27FN2O2S/c1-16-7-9-17(10-8-16)15-27-24(29)19-11-12-22-21(13-19)28(2)25(30)23(31-22)14-18-5-3-4-6-20(18)26/h3-10,14,19,21-22H,11-13,15H2,1-2H3,(H,27,29)/b23-14-. The van der Waals surface area contributed by atoms with Crippen LogP contribution in [0.5, 0.6) is 0 Å². The van der Waals surface area contributed by atoms with Crippen LogP contribution >= 0.6 is 11.8 Å². The highest BCUT2D eigenvalue weighted by Crippen LogP contribution is 2.43. The summed E-state index contributed by atoms with van der Waals surface area (Å²) in [7, 11) is 1.79. The van der Waals surface area contributed by atoms with E-state index in [4.69, 9.17) is 0 Å². The number of benzene rings is 2. The molecule has 1 saturated heterocycles. The van der Waals surface area contributed by atoms with Crippen LogP contribution < -0.4 is 5.32 Å². The molecule has 4 nitrogen and oxygen atoms in total. The first-order valence-corrected chi connectivity index (χ1v) is 11.5. The second kappa shape index (κ2) is 9.27. The molecule has 1 aliphatic carbocycles. The van der Waals surface area contributed by atoms with Gasteiger partial charge in [0.05, 0.1) is 4.91 Å². The Morgan fingerprint density at radius 1 is 1.19 bits per heavy atom. The molecule has 0 radical (unpaired) electrons. The second-order valence-electron chi connectivity index (χ2n) is 8.38. The number of halogens is 1. The van der Waals surface area contributed by atoms with Crippen molar-refractivity contribution in [2.24, 2.45) is 5.92 Å². The molecule has 162 valence electrons. The van der Waals surface area contributed by atoms with E-state index < -0.39 is 0 Å². The Balaban J connectivity index is 1.40. The number of likely N-dealkylation sites (N-methyl/N-ethyl adjacent to an activating group) is 1. The predicted octanol–water partition coefficient (Wildman–Crippen LogP) is 4.53. The molecule has 2 aromatic rings. The highest BCUT2D eigenvalue weighted by atomic mass is 32.2. The van der Waals surface area contributed by atoms with Crippen molar-refractivity contribution in [3.05, 3.63) is 75.9 Å². The molecule has 31 heavy (non-hydrogen) atoms. The van der Waals surface area contributed by atoms with Gasteiger partial charge < -0.3 is 10.2 Å². The molecule has 4 rings (SSSR count). The molecule has 0 aromatic heterocycles. The number of carbonyl (C=O) groups is 2. The largest absolute Gasteiger partial charge is 0.352 e. The Labute approximate surface area is 186 Å². The average molecular weight is 439 g/mol. The zero-order valence-corrected chi connectivity index (χ0v) is 18.6. The number of fused-ring (bicyclic) bond motifs is 1. The van der Waals surface area contributed by atoms with Crippen molar-refractivity contribution in [1.82, 2.24) is 10.2 Å². The quantitative estimate of drug-likeness (QED) is 0.714. The lowest BCUT2D eigenvalue weighted by molar-refractivity contribution is -0.132. The Morgan fingerprint density at radius 2 is 1.94 bits per heavy atom. The summed E-state index contributed by atoms with van der Waals surface area (Å²) in [5.74, 6) is -0.477. The number of thioether (sulfide) groups is 1. The number of aryl methyl sites for hydroxylation is 1. The fourth-order valence-electron chi connectivity index (χ4n) is 4.31. The van der Waals surface area contributed by atoms with Gasteiger partial charge in [0, 0.05) is 36.4 Å². The highest BCUT2D eigenvalue weighted by Gasteiger charge is 2.42. The Kier molecular flexibility index (Phi) is 6.46. The van der Waals surface area contributed by atoms with E-state index in [2.05, 4.69) is 5.32 Å². The van der Waals surface area contributed by atoms with Crippen molar-refractivity contribution in [2.75, 3.05) is 7.05 Å². The number of nitrogens with zero attached hydrogens (tertiary/aromatic N) is 1. The monoisotopic (exact) mass is 438 g/mol. The molecule has 6 heteroatoms. The number of rotatable bonds is 4. The molecule has 0 spiro atoms. The number of amides is 2. The molecular weight excluding hydrogens is 411 g/mol. The van der Waals surface area contributed by atoms with E-state index in [1.807, 2.05) is 31.2 Å².